The van der Waals surface area contributed by atoms with E-state index >= 15 is 0 Å². The van der Waals surface area contributed by atoms with Crippen LogP contribution < -0.4 is 4.74 Å². The molecule has 1 aromatic rings. The van der Waals surface area contributed by atoms with Gasteiger partial charge in [0.05, 0.1) is 12.7 Å². The van der Waals surface area contributed by atoms with Gasteiger partial charge in [-0.15, -0.1) is 0 Å². The zero-order valence-electron chi connectivity index (χ0n) is 13.3. The molecular formula is C17H26O4. The van der Waals surface area contributed by atoms with Crippen LogP contribution in [-0.4, -0.2) is 28.0 Å². The molecule has 21 heavy (non-hydrogen) atoms. The zero-order valence-corrected chi connectivity index (χ0v) is 13.3. The molecule has 0 aliphatic carbocycles. The molecule has 0 aliphatic rings. The van der Waals surface area contributed by atoms with Crippen LogP contribution in [0.1, 0.15) is 45.6 Å². The van der Waals surface area contributed by atoms with Crippen molar-refractivity contribution in [2.24, 2.45) is 0 Å². The van der Waals surface area contributed by atoms with Crippen molar-refractivity contribution in [3.05, 3.63) is 29.3 Å². The quantitative estimate of drug-likeness (QED) is 0.531. The highest BCUT2D eigenvalue weighted by Gasteiger charge is 2.11. The Kier molecular flexibility index (Phi) is 6.09. The average Bonchev–Trinajstić information content (AvgIpc) is 2.37. The Morgan fingerprint density at radius 1 is 1.24 bits per heavy atom. The van der Waals surface area contributed by atoms with Gasteiger partial charge in [-0.25, -0.2) is 0 Å². The lowest BCUT2D eigenvalue weighted by Crippen LogP contribution is -2.17. The largest absolute Gasteiger partial charge is 0.508 e. The van der Waals surface area contributed by atoms with Crippen molar-refractivity contribution in [3.8, 4) is 17.2 Å². The summed E-state index contributed by atoms with van der Waals surface area (Å²) in [5.74, 6) is 0.408. The van der Waals surface area contributed by atoms with Gasteiger partial charge in [-0.2, -0.15) is 0 Å². The van der Waals surface area contributed by atoms with Crippen LogP contribution in [0.3, 0.4) is 0 Å². The van der Waals surface area contributed by atoms with Gasteiger partial charge in [-0.05, 0) is 52.5 Å². The summed E-state index contributed by atoms with van der Waals surface area (Å²) in [5, 5.41) is 29.3. The monoisotopic (exact) mass is 294 g/mol. The SMILES string of the molecule is COc1cc(O)c(C/C=C(\C)CCCC(C)(C)O)cc1O. The number of hydrogen-bond donors (Lipinski definition) is 3. The van der Waals surface area contributed by atoms with Gasteiger partial charge in [0.2, 0.25) is 0 Å². The van der Waals surface area contributed by atoms with E-state index in [9.17, 15) is 15.3 Å². The molecule has 0 heterocycles. The van der Waals surface area contributed by atoms with Gasteiger partial charge in [0.1, 0.15) is 5.75 Å². The summed E-state index contributed by atoms with van der Waals surface area (Å²) in [6.45, 7) is 5.65. The third-order valence-corrected chi connectivity index (χ3v) is 3.41. The Bertz CT molecular complexity index is 498. The Hall–Kier alpha value is -1.68. The fourth-order valence-electron chi connectivity index (χ4n) is 2.11. The van der Waals surface area contributed by atoms with E-state index in [-0.39, 0.29) is 17.2 Å². The van der Waals surface area contributed by atoms with Gasteiger partial charge in [-0.3, -0.25) is 0 Å². The van der Waals surface area contributed by atoms with Crippen LogP contribution in [0, 0.1) is 0 Å². The van der Waals surface area contributed by atoms with Crippen LogP contribution in [0.2, 0.25) is 0 Å². The van der Waals surface area contributed by atoms with Crippen molar-refractivity contribution >= 4 is 0 Å². The number of phenolic OH excluding ortho intramolecular Hbond substituents is 2. The minimum absolute atomic E-state index is 0.0263. The number of aliphatic hydroxyl groups is 1. The van der Waals surface area contributed by atoms with Crippen LogP contribution in [-0.2, 0) is 6.42 Å². The smallest absolute Gasteiger partial charge is 0.164 e. The van der Waals surface area contributed by atoms with Crippen molar-refractivity contribution in [3.63, 3.8) is 0 Å². The second-order valence-electron chi connectivity index (χ2n) is 6.07. The molecule has 118 valence electrons. The van der Waals surface area contributed by atoms with Crippen molar-refractivity contribution in [2.45, 2.75) is 52.1 Å². The fraction of sp³-hybridized carbons (Fsp3) is 0.529. The van der Waals surface area contributed by atoms with Crippen LogP contribution in [0.15, 0.2) is 23.8 Å². The van der Waals surface area contributed by atoms with Gasteiger partial charge in [0.25, 0.3) is 0 Å². The summed E-state index contributed by atoms with van der Waals surface area (Å²) in [4.78, 5) is 0. The van der Waals surface area contributed by atoms with Crippen molar-refractivity contribution < 1.29 is 20.1 Å². The number of methoxy groups -OCH3 is 1. The predicted molar refractivity (Wildman–Crippen MR) is 83.9 cm³/mol. The summed E-state index contributed by atoms with van der Waals surface area (Å²) in [6.07, 6.45) is 5.18. The first-order chi connectivity index (χ1) is 9.73. The highest BCUT2D eigenvalue weighted by molar-refractivity contribution is 5.49. The number of allylic oxidation sites excluding steroid dienone is 2. The predicted octanol–water partition coefficient (Wildman–Crippen LogP) is 3.54. The Morgan fingerprint density at radius 2 is 1.90 bits per heavy atom. The van der Waals surface area contributed by atoms with E-state index in [4.69, 9.17) is 4.74 Å². The maximum Gasteiger partial charge on any atom is 0.164 e. The van der Waals surface area contributed by atoms with E-state index in [2.05, 4.69) is 0 Å². The molecule has 0 spiro atoms. The second-order valence-corrected chi connectivity index (χ2v) is 6.07. The first kappa shape index (κ1) is 17.4. The minimum Gasteiger partial charge on any atom is -0.508 e. The topological polar surface area (TPSA) is 69.9 Å². The third kappa shape index (κ3) is 6.08. The molecule has 0 unspecified atom stereocenters. The molecule has 1 rings (SSSR count). The lowest BCUT2D eigenvalue weighted by molar-refractivity contribution is 0.0689. The molecule has 1 aromatic carbocycles. The number of ether oxygens (including phenoxy) is 1. The molecule has 0 fully saturated rings. The molecule has 0 saturated carbocycles. The molecule has 0 bridgehead atoms. The van der Waals surface area contributed by atoms with Gasteiger partial charge >= 0.3 is 0 Å². The summed E-state index contributed by atoms with van der Waals surface area (Å²) >= 11 is 0. The number of rotatable bonds is 7. The van der Waals surface area contributed by atoms with Gasteiger partial charge < -0.3 is 20.1 Å². The molecule has 0 aromatic heterocycles. The number of benzene rings is 1. The van der Waals surface area contributed by atoms with Crippen molar-refractivity contribution in [1.29, 1.82) is 0 Å². The second kappa shape index (κ2) is 7.36. The first-order valence-corrected chi connectivity index (χ1v) is 7.20. The number of phenols is 2. The normalized spacial score (nSPS) is 12.5. The maximum absolute atomic E-state index is 9.89. The Morgan fingerprint density at radius 3 is 2.48 bits per heavy atom. The molecule has 0 radical (unpaired) electrons. The molecule has 4 nitrogen and oxygen atoms in total. The van der Waals surface area contributed by atoms with Gasteiger partial charge in [-0.1, -0.05) is 11.6 Å². The van der Waals surface area contributed by atoms with E-state index in [1.54, 1.807) is 0 Å². The first-order valence-electron chi connectivity index (χ1n) is 7.20. The molecule has 0 atom stereocenters. The van der Waals surface area contributed by atoms with Crippen LogP contribution in [0.4, 0.5) is 0 Å². The Balaban J connectivity index is 2.61. The standard InChI is InChI=1S/C17H26O4/c1-12(6-5-9-17(2,3)20)7-8-13-10-15(19)16(21-4)11-14(13)18/h7,10-11,18-20H,5-6,8-9H2,1-4H3/b12-7+. The van der Waals surface area contributed by atoms with Crippen molar-refractivity contribution in [1.82, 2.24) is 0 Å². The maximum atomic E-state index is 9.89. The molecule has 0 amide bonds. The summed E-state index contributed by atoms with van der Waals surface area (Å²) < 4.78 is 4.94. The lowest BCUT2D eigenvalue weighted by Gasteiger charge is -2.16. The third-order valence-electron chi connectivity index (χ3n) is 3.41. The molecule has 0 saturated heterocycles. The van der Waals surface area contributed by atoms with E-state index in [0.717, 1.165) is 19.3 Å². The highest BCUT2D eigenvalue weighted by atomic mass is 16.5. The fourth-order valence-corrected chi connectivity index (χ4v) is 2.11. The van der Waals surface area contributed by atoms with Gasteiger partial charge in [0, 0.05) is 11.6 Å². The summed E-state index contributed by atoms with van der Waals surface area (Å²) in [5.41, 5.74) is 1.24. The van der Waals surface area contributed by atoms with Crippen LogP contribution in [0.5, 0.6) is 17.2 Å². The average molecular weight is 294 g/mol. The zero-order chi connectivity index (χ0) is 16.0. The van der Waals surface area contributed by atoms with E-state index < -0.39 is 5.60 Å². The molecule has 0 aliphatic heterocycles. The number of aromatic hydroxyl groups is 2. The highest BCUT2D eigenvalue weighted by Crippen LogP contribution is 2.33. The van der Waals surface area contributed by atoms with Crippen LogP contribution >= 0.6 is 0 Å². The van der Waals surface area contributed by atoms with E-state index in [1.165, 1.54) is 24.8 Å². The Labute approximate surface area is 126 Å². The van der Waals surface area contributed by atoms with Gasteiger partial charge in [0.15, 0.2) is 11.5 Å². The van der Waals surface area contributed by atoms with Crippen molar-refractivity contribution in [2.75, 3.05) is 7.11 Å². The van der Waals surface area contributed by atoms with Crippen LogP contribution in [0.25, 0.3) is 0 Å². The van der Waals surface area contributed by atoms with E-state index in [1.807, 2.05) is 26.8 Å². The summed E-state index contributed by atoms with van der Waals surface area (Å²) in [7, 11) is 1.45. The molecular weight excluding hydrogens is 268 g/mol. The molecule has 3 N–H and O–H groups in total. The van der Waals surface area contributed by atoms with E-state index in [0.29, 0.717) is 12.0 Å². The summed E-state index contributed by atoms with van der Waals surface area (Å²) in [6, 6.07) is 2.94. The minimum atomic E-state index is -0.625. The number of hydrogen-bond acceptors (Lipinski definition) is 4. The lowest BCUT2D eigenvalue weighted by atomic mass is 9.98. The molecule has 4 heteroatoms.